The minimum absolute atomic E-state index is 0.282. The van der Waals surface area contributed by atoms with Gasteiger partial charge in [0.25, 0.3) is 0 Å². The van der Waals surface area contributed by atoms with Crippen LogP contribution >= 0.6 is 15.9 Å². The number of nitrogens with two attached hydrogens (primary N) is 1. The van der Waals surface area contributed by atoms with Gasteiger partial charge in [-0.15, -0.1) is 0 Å². The number of benzene rings is 1. The molecule has 1 aromatic rings. The fourth-order valence-electron chi connectivity index (χ4n) is 1.78. The normalized spacial score (nSPS) is 12.1. The maximum atomic E-state index is 12.5. The summed E-state index contributed by atoms with van der Waals surface area (Å²) in [5.74, 6) is 0. The van der Waals surface area contributed by atoms with Gasteiger partial charge in [-0.1, -0.05) is 29.8 Å². The Labute approximate surface area is 117 Å². The maximum Gasteiger partial charge on any atom is 0.243 e. The van der Waals surface area contributed by atoms with Crippen molar-refractivity contribution in [2.75, 3.05) is 18.8 Å². The Balaban J connectivity index is 3.36. The van der Waals surface area contributed by atoms with Crippen LogP contribution in [0, 0.1) is 6.92 Å². The van der Waals surface area contributed by atoms with Gasteiger partial charge in [0.05, 0.1) is 4.90 Å². The molecule has 0 heterocycles. The van der Waals surface area contributed by atoms with Crippen LogP contribution in [0.5, 0.6) is 0 Å². The summed E-state index contributed by atoms with van der Waals surface area (Å²) in [6, 6.07) is 3.32. The summed E-state index contributed by atoms with van der Waals surface area (Å²) in [5.41, 5.74) is 6.91. The third kappa shape index (κ3) is 3.05. The molecule has 0 unspecified atom stereocenters. The minimum atomic E-state index is -3.47. The van der Waals surface area contributed by atoms with Gasteiger partial charge in [-0.25, -0.2) is 8.42 Å². The van der Waals surface area contributed by atoms with Crippen LogP contribution in [0.3, 0.4) is 0 Å². The first-order valence-corrected chi connectivity index (χ1v) is 8.13. The van der Waals surface area contributed by atoms with E-state index in [4.69, 9.17) is 5.73 Å². The number of nitrogens with zero attached hydrogens (tertiary/aromatic N) is 1. The van der Waals surface area contributed by atoms with Crippen molar-refractivity contribution in [1.29, 1.82) is 0 Å². The first kappa shape index (κ1) is 15.5. The van der Waals surface area contributed by atoms with Crippen LogP contribution in [0.15, 0.2) is 21.5 Å². The molecular weight excluding hydrogens is 316 g/mol. The summed E-state index contributed by atoms with van der Waals surface area (Å²) in [6.45, 7) is 6.51. The standard InChI is InChI=1S/C12H19BrN2O2S/c1-4-6-15(5-2)18(16,17)12-8-10(13)7-11(14)9(12)3/h7-8H,4-6,14H2,1-3H3. The molecule has 0 radical (unpaired) electrons. The second kappa shape index (κ2) is 6.04. The average Bonchev–Trinajstić information content (AvgIpc) is 2.30. The SMILES string of the molecule is CCCN(CC)S(=O)(=O)c1cc(Br)cc(N)c1C. The lowest BCUT2D eigenvalue weighted by atomic mass is 10.2. The van der Waals surface area contributed by atoms with E-state index in [2.05, 4.69) is 15.9 Å². The van der Waals surface area contributed by atoms with E-state index < -0.39 is 10.0 Å². The molecule has 0 aliphatic rings. The second-order valence-electron chi connectivity index (χ2n) is 4.11. The molecule has 0 bridgehead atoms. The molecule has 0 saturated heterocycles. The molecule has 4 nitrogen and oxygen atoms in total. The number of hydrogen-bond acceptors (Lipinski definition) is 3. The molecule has 1 rings (SSSR count). The molecule has 6 heteroatoms. The van der Waals surface area contributed by atoms with E-state index in [1.165, 1.54) is 4.31 Å². The first-order valence-electron chi connectivity index (χ1n) is 5.90. The topological polar surface area (TPSA) is 63.4 Å². The lowest BCUT2D eigenvalue weighted by Crippen LogP contribution is -2.32. The molecule has 0 fully saturated rings. The van der Waals surface area contributed by atoms with Crippen molar-refractivity contribution < 1.29 is 8.42 Å². The van der Waals surface area contributed by atoms with Gasteiger partial charge in [0.2, 0.25) is 10.0 Å². The van der Waals surface area contributed by atoms with E-state index in [1.807, 2.05) is 13.8 Å². The van der Waals surface area contributed by atoms with Crippen LogP contribution in [-0.4, -0.2) is 25.8 Å². The molecule has 0 saturated carbocycles. The predicted octanol–water partition coefficient (Wildman–Crippen LogP) is 2.76. The van der Waals surface area contributed by atoms with Crippen LogP contribution in [0.2, 0.25) is 0 Å². The van der Waals surface area contributed by atoms with E-state index in [0.29, 0.717) is 28.8 Å². The van der Waals surface area contributed by atoms with Crippen molar-refractivity contribution in [2.24, 2.45) is 0 Å². The number of anilines is 1. The smallest absolute Gasteiger partial charge is 0.243 e. The van der Waals surface area contributed by atoms with Gasteiger partial charge >= 0.3 is 0 Å². The van der Waals surface area contributed by atoms with Gasteiger partial charge in [-0.05, 0) is 31.0 Å². The number of hydrogen-bond donors (Lipinski definition) is 1. The first-order chi connectivity index (χ1) is 8.34. The molecule has 1 aromatic carbocycles. The van der Waals surface area contributed by atoms with Gasteiger partial charge in [0.15, 0.2) is 0 Å². The molecule has 0 atom stereocenters. The van der Waals surface area contributed by atoms with Crippen LogP contribution in [0.25, 0.3) is 0 Å². The van der Waals surface area contributed by atoms with Gasteiger partial charge in [-0.3, -0.25) is 0 Å². The average molecular weight is 335 g/mol. The van der Waals surface area contributed by atoms with Crippen molar-refractivity contribution in [2.45, 2.75) is 32.1 Å². The number of halogens is 1. The molecule has 0 spiro atoms. The van der Waals surface area contributed by atoms with Crippen molar-refractivity contribution in [3.05, 3.63) is 22.2 Å². The molecule has 2 N–H and O–H groups in total. The minimum Gasteiger partial charge on any atom is -0.398 e. The van der Waals surface area contributed by atoms with E-state index in [0.717, 1.165) is 6.42 Å². The summed E-state index contributed by atoms with van der Waals surface area (Å²) in [6.07, 6.45) is 0.787. The fourth-order valence-corrected chi connectivity index (χ4v) is 4.23. The summed E-state index contributed by atoms with van der Waals surface area (Å²) >= 11 is 3.29. The van der Waals surface area contributed by atoms with E-state index in [9.17, 15) is 8.42 Å². The Morgan fingerprint density at radius 2 is 1.94 bits per heavy atom. The Kier molecular flexibility index (Phi) is 5.19. The quantitative estimate of drug-likeness (QED) is 0.842. The molecule has 18 heavy (non-hydrogen) atoms. The van der Waals surface area contributed by atoms with E-state index >= 15 is 0 Å². The van der Waals surface area contributed by atoms with Crippen LogP contribution < -0.4 is 5.73 Å². The fraction of sp³-hybridized carbons (Fsp3) is 0.500. The van der Waals surface area contributed by atoms with Gasteiger partial charge in [0, 0.05) is 23.2 Å². The maximum absolute atomic E-state index is 12.5. The number of nitrogen functional groups attached to an aromatic ring is 1. The van der Waals surface area contributed by atoms with Gasteiger partial charge in [0.1, 0.15) is 0 Å². The highest BCUT2D eigenvalue weighted by Crippen LogP contribution is 2.28. The summed E-state index contributed by atoms with van der Waals surface area (Å²) in [5, 5.41) is 0. The summed E-state index contributed by atoms with van der Waals surface area (Å²) < 4.78 is 27.2. The molecular formula is C12H19BrN2O2S. The number of sulfonamides is 1. The Morgan fingerprint density at radius 1 is 1.33 bits per heavy atom. The van der Waals surface area contributed by atoms with E-state index in [-0.39, 0.29) is 4.90 Å². The molecule has 0 aliphatic heterocycles. The monoisotopic (exact) mass is 334 g/mol. The van der Waals surface area contributed by atoms with Crippen molar-refractivity contribution >= 4 is 31.6 Å². The molecule has 0 aromatic heterocycles. The predicted molar refractivity (Wildman–Crippen MR) is 78.0 cm³/mol. The second-order valence-corrected chi connectivity index (χ2v) is 6.94. The largest absolute Gasteiger partial charge is 0.398 e. The Bertz CT molecular complexity index is 529. The van der Waals surface area contributed by atoms with E-state index in [1.54, 1.807) is 19.1 Å². The summed E-state index contributed by atoms with van der Waals surface area (Å²) in [4.78, 5) is 0.282. The highest BCUT2D eigenvalue weighted by atomic mass is 79.9. The zero-order valence-electron chi connectivity index (χ0n) is 10.9. The highest BCUT2D eigenvalue weighted by molar-refractivity contribution is 9.10. The lowest BCUT2D eigenvalue weighted by Gasteiger charge is -2.21. The number of rotatable bonds is 5. The molecule has 0 aliphatic carbocycles. The third-order valence-corrected chi connectivity index (χ3v) is 5.37. The zero-order chi connectivity index (χ0) is 13.9. The zero-order valence-corrected chi connectivity index (χ0v) is 13.3. The summed E-state index contributed by atoms with van der Waals surface area (Å²) in [7, 11) is -3.47. The van der Waals surface area contributed by atoms with Crippen LogP contribution in [-0.2, 0) is 10.0 Å². The van der Waals surface area contributed by atoms with Crippen LogP contribution in [0.4, 0.5) is 5.69 Å². The van der Waals surface area contributed by atoms with Crippen molar-refractivity contribution in [3.8, 4) is 0 Å². The highest BCUT2D eigenvalue weighted by Gasteiger charge is 2.25. The third-order valence-electron chi connectivity index (χ3n) is 2.81. The molecule has 0 amide bonds. The van der Waals surface area contributed by atoms with Gasteiger partial charge < -0.3 is 5.73 Å². The molecule has 102 valence electrons. The van der Waals surface area contributed by atoms with Gasteiger partial charge in [-0.2, -0.15) is 4.31 Å². The Hall–Kier alpha value is -0.590. The lowest BCUT2D eigenvalue weighted by molar-refractivity contribution is 0.427. The van der Waals surface area contributed by atoms with Crippen LogP contribution in [0.1, 0.15) is 25.8 Å². The van der Waals surface area contributed by atoms with Crippen molar-refractivity contribution in [3.63, 3.8) is 0 Å². The Morgan fingerprint density at radius 3 is 2.44 bits per heavy atom. The van der Waals surface area contributed by atoms with Crippen molar-refractivity contribution in [1.82, 2.24) is 4.31 Å².